The number of aliphatic hydroxyl groups excluding tert-OH is 2. The van der Waals surface area contributed by atoms with Crippen molar-refractivity contribution < 1.29 is 14.9 Å². The topological polar surface area (TPSA) is 49.7 Å². The molecule has 2 N–H and O–H groups in total. The van der Waals surface area contributed by atoms with E-state index in [9.17, 15) is 0 Å². The highest BCUT2D eigenvalue weighted by molar-refractivity contribution is 4.33. The van der Waals surface area contributed by atoms with Crippen LogP contribution in [0.4, 0.5) is 0 Å². The molecule has 0 aliphatic heterocycles. The van der Waals surface area contributed by atoms with Crippen LogP contribution in [-0.4, -0.2) is 36.6 Å². The molecule has 0 radical (unpaired) electrons. The monoisotopic (exact) mass is 248 g/mol. The van der Waals surface area contributed by atoms with Gasteiger partial charge in [-0.15, -0.1) is 26.3 Å². The van der Waals surface area contributed by atoms with Gasteiger partial charge in [0.2, 0.25) is 0 Å². The Morgan fingerprint density at radius 2 is 1.06 bits per heavy atom. The third kappa shape index (κ3) is 67.8. The molecule has 0 bridgehead atoms. The maximum atomic E-state index is 7.62. The van der Waals surface area contributed by atoms with Crippen molar-refractivity contribution in [3.63, 3.8) is 0 Å². The summed E-state index contributed by atoms with van der Waals surface area (Å²) in [5.41, 5.74) is 0. The minimum Gasteiger partial charge on any atom is -0.394 e. The Kier molecular flexibility index (Phi) is 67.4. The van der Waals surface area contributed by atoms with Crippen LogP contribution in [0.15, 0.2) is 26.3 Å². The molecule has 17 heavy (non-hydrogen) atoms. The second kappa shape index (κ2) is 45.3. The van der Waals surface area contributed by atoms with Gasteiger partial charge in [0, 0.05) is 13.2 Å². The average molecular weight is 248 g/mol. The fraction of sp³-hybridized carbons (Fsp3) is 0.714. The van der Waals surface area contributed by atoms with Crippen molar-refractivity contribution >= 4 is 0 Å². The summed E-state index contributed by atoms with van der Waals surface area (Å²) in [7, 11) is 0. The Morgan fingerprint density at radius 3 is 1.24 bits per heavy atom. The van der Waals surface area contributed by atoms with Crippen LogP contribution in [0.25, 0.3) is 0 Å². The quantitative estimate of drug-likeness (QED) is 0.537. The Labute approximate surface area is 108 Å². The Hall–Kier alpha value is -0.640. The molecule has 0 aromatic carbocycles. The van der Waals surface area contributed by atoms with Gasteiger partial charge in [-0.25, -0.2) is 0 Å². The van der Waals surface area contributed by atoms with E-state index in [0.717, 1.165) is 13.2 Å². The van der Waals surface area contributed by atoms with Gasteiger partial charge in [-0.1, -0.05) is 26.7 Å². The zero-order chi connectivity index (χ0) is 14.4. The van der Waals surface area contributed by atoms with Crippen LogP contribution < -0.4 is 0 Å². The van der Waals surface area contributed by atoms with E-state index >= 15 is 0 Å². The van der Waals surface area contributed by atoms with Crippen molar-refractivity contribution in [3.8, 4) is 0 Å². The van der Waals surface area contributed by atoms with Crippen LogP contribution in [0.2, 0.25) is 0 Å². The smallest absolute Gasteiger partial charge is 0.0662 e. The molecule has 0 aliphatic rings. The molecule has 0 amide bonds. The highest BCUT2D eigenvalue weighted by Crippen LogP contribution is 1.91. The van der Waals surface area contributed by atoms with Gasteiger partial charge in [-0.05, 0) is 12.8 Å². The van der Waals surface area contributed by atoms with Gasteiger partial charge < -0.3 is 14.9 Å². The van der Waals surface area contributed by atoms with Crippen LogP contribution in [0.5, 0.6) is 0 Å². The van der Waals surface area contributed by atoms with Crippen molar-refractivity contribution in [2.75, 3.05) is 26.4 Å². The van der Waals surface area contributed by atoms with Crippen LogP contribution in [0.3, 0.4) is 0 Å². The van der Waals surface area contributed by atoms with E-state index in [1.807, 2.05) is 0 Å². The SMILES string of the molecule is C=C.C=C.CCCCOCCCC.OCCO. The summed E-state index contributed by atoms with van der Waals surface area (Å²) in [6.45, 7) is 18.0. The Balaban J connectivity index is -0.0000000887. The number of hydrogen-bond donors (Lipinski definition) is 2. The highest BCUT2D eigenvalue weighted by atomic mass is 16.5. The van der Waals surface area contributed by atoms with E-state index in [1.165, 1.54) is 25.7 Å². The molecule has 0 heterocycles. The summed E-state index contributed by atoms with van der Waals surface area (Å²) in [6, 6.07) is 0. The summed E-state index contributed by atoms with van der Waals surface area (Å²) >= 11 is 0. The molecule has 106 valence electrons. The van der Waals surface area contributed by atoms with Gasteiger partial charge in [-0.2, -0.15) is 0 Å². The van der Waals surface area contributed by atoms with Crippen molar-refractivity contribution in [1.29, 1.82) is 0 Å². The van der Waals surface area contributed by atoms with E-state index in [0.29, 0.717) is 0 Å². The molecule has 0 spiro atoms. The fourth-order valence-corrected chi connectivity index (χ4v) is 0.595. The molecule has 0 saturated carbocycles. The molecule has 0 atom stereocenters. The van der Waals surface area contributed by atoms with Crippen LogP contribution in [-0.2, 0) is 4.74 Å². The van der Waals surface area contributed by atoms with Crippen LogP contribution >= 0.6 is 0 Å². The standard InChI is InChI=1S/C8H18O.C2H6O2.2C2H4/c1-3-5-7-9-8-6-4-2;3-1-2-4;2*1-2/h3-8H2,1-2H3;3-4H,1-2H2;2*1-2H2. The number of unbranched alkanes of at least 4 members (excludes halogenated alkanes) is 2. The van der Waals surface area contributed by atoms with E-state index in [-0.39, 0.29) is 13.2 Å². The summed E-state index contributed by atoms with van der Waals surface area (Å²) in [4.78, 5) is 0. The lowest BCUT2D eigenvalue weighted by molar-refractivity contribution is 0.128. The molecule has 0 fully saturated rings. The third-order valence-corrected chi connectivity index (χ3v) is 1.38. The number of ether oxygens (including phenoxy) is 1. The zero-order valence-electron chi connectivity index (χ0n) is 11.8. The maximum Gasteiger partial charge on any atom is 0.0662 e. The van der Waals surface area contributed by atoms with Crippen LogP contribution in [0.1, 0.15) is 39.5 Å². The van der Waals surface area contributed by atoms with E-state index < -0.39 is 0 Å². The lowest BCUT2D eigenvalue weighted by atomic mass is 10.3. The lowest BCUT2D eigenvalue weighted by Crippen LogP contribution is -1.95. The largest absolute Gasteiger partial charge is 0.394 e. The lowest BCUT2D eigenvalue weighted by Gasteiger charge is -1.99. The first-order valence-corrected chi connectivity index (χ1v) is 6.12. The van der Waals surface area contributed by atoms with Crippen molar-refractivity contribution in [3.05, 3.63) is 26.3 Å². The first kappa shape index (κ1) is 25.3. The van der Waals surface area contributed by atoms with Crippen LogP contribution in [0, 0.1) is 0 Å². The highest BCUT2D eigenvalue weighted by Gasteiger charge is 1.84. The molecule has 0 aromatic heterocycles. The Morgan fingerprint density at radius 1 is 0.765 bits per heavy atom. The van der Waals surface area contributed by atoms with Gasteiger partial charge in [0.05, 0.1) is 13.2 Å². The number of rotatable bonds is 7. The normalized spacial score (nSPS) is 7.53. The molecule has 3 heteroatoms. The summed E-state index contributed by atoms with van der Waals surface area (Å²) in [5.74, 6) is 0. The van der Waals surface area contributed by atoms with E-state index in [2.05, 4.69) is 40.2 Å². The van der Waals surface area contributed by atoms with E-state index in [4.69, 9.17) is 14.9 Å². The summed E-state index contributed by atoms with van der Waals surface area (Å²) in [6.07, 6.45) is 4.91. The molecular weight excluding hydrogens is 216 g/mol. The minimum absolute atomic E-state index is 0.125. The third-order valence-electron chi connectivity index (χ3n) is 1.38. The van der Waals surface area contributed by atoms with Gasteiger partial charge in [0.15, 0.2) is 0 Å². The molecule has 0 aliphatic carbocycles. The maximum absolute atomic E-state index is 7.62. The zero-order valence-corrected chi connectivity index (χ0v) is 11.8. The van der Waals surface area contributed by atoms with Crippen molar-refractivity contribution in [2.45, 2.75) is 39.5 Å². The summed E-state index contributed by atoms with van der Waals surface area (Å²) in [5, 5.41) is 15.2. The molecule has 0 rings (SSSR count). The molecule has 0 aromatic rings. The summed E-state index contributed by atoms with van der Waals surface area (Å²) < 4.78 is 5.31. The number of hydrogen-bond acceptors (Lipinski definition) is 3. The molecular formula is C14H32O3. The number of aliphatic hydroxyl groups is 2. The first-order valence-electron chi connectivity index (χ1n) is 6.12. The van der Waals surface area contributed by atoms with Crippen molar-refractivity contribution in [2.24, 2.45) is 0 Å². The van der Waals surface area contributed by atoms with E-state index in [1.54, 1.807) is 0 Å². The van der Waals surface area contributed by atoms with Gasteiger partial charge >= 0.3 is 0 Å². The molecule has 0 saturated heterocycles. The predicted octanol–water partition coefficient (Wildman–Crippen LogP) is 3.18. The second-order valence-corrected chi connectivity index (χ2v) is 2.77. The van der Waals surface area contributed by atoms with Gasteiger partial charge in [0.25, 0.3) is 0 Å². The minimum atomic E-state index is -0.125. The second-order valence-electron chi connectivity index (χ2n) is 2.77. The Bertz CT molecular complexity index is 77.5. The molecule has 0 unspecified atom stereocenters. The molecule has 3 nitrogen and oxygen atoms in total. The predicted molar refractivity (Wildman–Crippen MR) is 77.3 cm³/mol. The van der Waals surface area contributed by atoms with Gasteiger partial charge in [-0.3, -0.25) is 0 Å². The van der Waals surface area contributed by atoms with Gasteiger partial charge in [0.1, 0.15) is 0 Å². The average Bonchev–Trinajstić information content (AvgIpc) is 2.43. The first-order chi connectivity index (χ1) is 8.33. The fourth-order valence-electron chi connectivity index (χ4n) is 0.595. The van der Waals surface area contributed by atoms with Crippen molar-refractivity contribution in [1.82, 2.24) is 0 Å².